The molecule has 2 aromatic carbocycles. The zero-order valence-electron chi connectivity index (χ0n) is 18.2. The van der Waals surface area contributed by atoms with Crippen molar-refractivity contribution in [3.63, 3.8) is 0 Å². The number of guanidine groups is 2. The summed E-state index contributed by atoms with van der Waals surface area (Å²) in [6, 6.07) is 4.18. The molecule has 0 bridgehead atoms. The largest absolute Gasteiger partial charge is 0.330 e. The van der Waals surface area contributed by atoms with E-state index in [1.54, 1.807) is 18.7 Å². The van der Waals surface area contributed by atoms with Gasteiger partial charge in [-0.25, -0.2) is 28.0 Å². The van der Waals surface area contributed by atoms with E-state index in [0.29, 0.717) is 22.4 Å². The van der Waals surface area contributed by atoms with Crippen molar-refractivity contribution in [2.75, 3.05) is 13.6 Å². The third-order valence-electron chi connectivity index (χ3n) is 5.58. The fraction of sp³-hybridized carbons (Fsp3) is 0.217. The van der Waals surface area contributed by atoms with Crippen molar-refractivity contribution in [3.05, 3.63) is 70.5 Å². The van der Waals surface area contributed by atoms with Gasteiger partial charge in [0.25, 0.3) is 0 Å². The predicted octanol–water partition coefficient (Wildman–Crippen LogP) is 4.50. The number of hydrogen-bond donors (Lipinski definition) is 2. The van der Waals surface area contributed by atoms with Crippen molar-refractivity contribution >= 4 is 35.4 Å². The Bertz CT molecular complexity index is 1270. The van der Waals surface area contributed by atoms with E-state index in [4.69, 9.17) is 5.41 Å². The monoisotopic (exact) mass is 454 g/mol. The predicted molar refractivity (Wildman–Crippen MR) is 120 cm³/mol. The average Bonchev–Trinajstić information content (AvgIpc) is 3.21. The number of nitrogens with zero attached hydrogens (tertiary/aromatic N) is 4. The smallest absolute Gasteiger partial charge is 0.308 e. The lowest BCUT2D eigenvalue weighted by Crippen LogP contribution is -2.61. The molecule has 10 heteroatoms. The summed E-state index contributed by atoms with van der Waals surface area (Å²) in [4.78, 5) is 24.3. The molecular weight excluding hydrogens is 433 g/mol. The van der Waals surface area contributed by atoms with Gasteiger partial charge < -0.3 is 5.41 Å². The van der Waals surface area contributed by atoms with Gasteiger partial charge in [0.2, 0.25) is 11.9 Å². The summed E-state index contributed by atoms with van der Waals surface area (Å²) in [7, 11) is 1.53. The van der Waals surface area contributed by atoms with Gasteiger partial charge in [-0.15, -0.1) is 0 Å². The van der Waals surface area contributed by atoms with Gasteiger partial charge >= 0.3 is 6.03 Å². The highest BCUT2D eigenvalue weighted by Crippen LogP contribution is 2.34. The molecule has 170 valence electrons. The molecule has 4 rings (SSSR count). The normalized spacial score (nSPS) is 18.8. The number of urea groups is 1. The number of nitrogens with one attached hydrogen (secondary N) is 2. The Balaban J connectivity index is 1.84. The van der Waals surface area contributed by atoms with Crippen LogP contribution < -0.4 is 5.32 Å². The highest BCUT2D eigenvalue weighted by Gasteiger charge is 2.41. The van der Waals surface area contributed by atoms with E-state index in [2.05, 4.69) is 21.9 Å². The maximum absolute atomic E-state index is 14.4. The zero-order chi connectivity index (χ0) is 24.0. The quantitative estimate of drug-likeness (QED) is 0.667. The molecular formula is C23H21F3N6O. The van der Waals surface area contributed by atoms with Crippen molar-refractivity contribution in [3.8, 4) is 0 Å². The summed E-state index contributed by atoms with van der Waals surface area (Å²) >= 11 is 0. The maximum Gasteiger partial charge on any atom is 0.330 e. The molecule has 2 aliphatic heterocycles. The number of aryl methyl sites for hydroxylation is 1. The molecule has 2 amide bonds. The number of amides is 2. The maximum atomic E-state index is 14.4. The molecule has 33 heavy (non-hydrogen) atoms. The number of aliphatic imine (C=N–C) groups is 2. The Kier molecular flexibility index (Phi) is 5.52. The minimum absolute atomic E-state index is 0.0396. The number of rotatable bonds is 4. The summed E-state index contributed by atoms with van der Waals surface area (Å²) in [6.07, 6.45) is 0.873. The van der Waals surface area contributed by atoms with Crippen LogP contribution in [0.1, 0.15) is 35.2 Å². The number of allylic oxidation sites excluding steroid dienone is 1. The first-order valence-electron chi connectivity index (χ1n) is 10.0. The standard InChI is InChI=1S/C23H21F3N6O/c1-11(2)15-6-13(7-17(25)20(15)26)19-10-28-22-31(4)23(33)30-21(32(19)22)29-18-8-14(9-27)16(24)5-12(18)3/h5-9,19,27H,1,10H2,2-4H3,(H,29,30,33). The molecule has 1 saturated heterocycles. The zero-order valence-corrected chi connectivity index (χ0v) is 18.2. The lowest BCUT2D eigenvalue weighted by atomic mass is 9.99. The minimum Gasteiger partial charge on any atom is -0.308 e. The second-order valence-electron chi connectivity index (χ2n) is 7.90. The summed E-state index contributed by atoms with van der Waals surface area (Å²) in [5, 5.41) is 10.1. The Hall–Kier alpha value is -3.95. The first-order chi connectivity index (χ1) is 15.6. The fourth-order valence-corrected chi connectivity index (χ4v) is 3.78. The van der Waals surface area contributed by atoms with Gasteiger partial charge in [-0.1, -0.05) is 6.58 Å². The highest BCUT2D eigenvalue weighted by molar-refractivity contribution is 6.16. The molecule has 0 aromatic heterocycles. The van der Waals surface area contributed by atoms with Gasteiger partial charge in [0.15, 0.2) is 11.6 Å². The molecule has 2 heterocycles. The molecule has 2 N–H and O–H groups in total. The lowest BCUT2D eigenvalue weighted by Gasteiger charge is -2.37. The first kappa shape index (κ1) is 22.3. The van der Waals surface area contributed by atoms with Crippen LogP contribution in [-0.2, 0) is 0 Å². The van der Waals surface area contributed by atoms with Gasteiger partial charge in [-0.2, -0.15) is 0 Å². The summed E-state index contributed by atoms with van der Waals surface area (Å²) < 4.78 is 42.7. The molecule has 0 saturated carbocycles. The SMILES string of the molecule is C=C(C)c1cc(C2CN=C3N(C)C(=O)NC(=Nc4cc(C=N)c(F)cc4C)N32)cc(F)c1F. The molecule has 7 nitrogen and oxygen atoms in total. The number of carbonyl (C=O) groups is 1. The van der Waals surface area contributed by atoms with Crippen LogP contribution in [-0.4, -0.2) is 47.6 Å². The Morgan fingerprint density at radius 3 is 2.67 bits per heavy atom. The molecule has 1 fully saturated rings. The Labute approximate surface area is 188 Å². The molecule has 2 aromatic rings. The topological polar surface area (TPSA) is 84.1 Å². The molecule has 0 aliphatic carbocycles. The summed E-state index contributed by atoms with van der Waals surface area (Å²) in [5.74, 6) is -2.17. The third-order valence-corrected chi connectivity index (χ3v) is 5.58. The van der Waals surface area contributed by atoms with E-state index in [9.17, 15) is 18.0 Å². The van der Waals surface area contributed by atoms with Crippen LogP contribution in [0.5, 0.6) is 0 Å². The molecule has 1 unspecified atom stereocenters. The number of halogens is 3. The summed E-state index contributed by atoms with van der Waals surface area (Å²) in [5.41, 5.74) is 1.72. The number of hydrogen-bond acceptors (Lipinski definition) is 4. The van der Waals surface area contributed by atoms with Crippen LogP contribution in [0.3, 0.4) is 0 Å². The average molecular weight is 454 g/mol. The van der Waals surface area contributed by atoms with Crippen molar-refractivity contribution in [1.29, 1.82) is 5.41 Å². The van der Waals surface area contributed by atoms with Gasteiger partial charge in [0.1, 0.15) is 5.82 Å². The van der Waals surface area contributed by atoms with E-state index in [1.807, 2.05) is 0 Å². The second-order valence-corrected chi connectivity index (χ2v) is 7.90. The van der Waals surface area contributed by atoms with Crippen LogP contribution >= 0.6 is 0 Å². The van der Waals surface area contributed by atoms with Crippen molar-refractivity contribution < 1.29 is 18.0 Å². The van der Waals surface area contributed by atoms with E-state index < -0.39 is 29.5 Å². The van der Waals surface area contributed by atoms with Crippen LogP contribution in [0, 0.1) is 29.8 Å². The van der Waals surface area contributed by atoms with E-state index in [0.717, 1.165) is 12.3 Å². The first-order valence-corrected chi connectivity index (χ1v) is 10.0. The third kappa shape index (κ3) is 3.77. The molecule has 1 atom stereocenters. The fourth-order valence-electron chi connectivity index (χ4n) is 3.78. The van der Waals surface area contributed by atoms with E-state index >= 15 is 0 Å². The van der Waals surface area contributed by atoms with Gasteiger partial charge in [0.05, 0.1) is 18.3 Å². The van der Waals surface area contributed by atoms with Gasteiger partial charge in [-0.3, -0.25) is 15.1 Å². The second kappa shape index (κ2) is 8.19. The highest BCUT2D eigenvalue weighted by atomic mass is 19.2. The van der Waals surface area contributed by atoms with Crippen LogP contribution in [0.15, 0.2) is 40.8 Å². The van der Waals surface area contributed by atoms with Crippen molar-refractivity contribution in [2.24, 2.45) is 9.98 Å². The van der Waals surface area contributed by atoms with Crippen LogP contribution in [0.2, 0.25) is 0 Å². The summed E-state index contributed by atoms with van der Waals surface area (Å²) in [6.45, 7) is 7.12. The van der Waals surface area contributed by atoms with E-state index in [1.165, 1.54) is 30.1 Å². The number of fused-ring (bicyclic) bond motifs is 1. The molecule has 0 spiro atoms. The van der Waals surface area contributed by atoms with Gasteiger partial charge in [0, 0.05) is 24.4 Å². The number of carbonyl (C=O) groups excluding carboxylic acids is 1. The van der Waals surface area contributed by atoms with Crippen molar-refractivity contribution in [2.45, 2.75) is 19.9 Å². The van der Waals surface area contributed by atoms with Crippen LogP contribution in [0.4, 0.5) is 23.7 Å². The lowest BCUT2D eigenvalue weighted by molar-refractivity contribution is 0.222. The minimum atomic E-state index is -1.02. The molecule has 0 radical (unpaired) electrons. The van der Waals surface area contributed by atoms with Gasteiger partial charge in [-0.05, 0) is 54.8 Å². The Morgan fingerprint density at radius 2 is 2.00 bits per heavy atom. The van der Waals surface area contributed by atoms with Crippen molar-refractivity contribution in [1.82, 2.24) is 15.1 Å². The molecule has 2 aliphatic rings. The van der Waals surface area contributed by atoms with Crippen LogP contribution in [0.25, 0.3) is 5.57 Å². The van der Waals surface area contributed by atoms with E-state index in [-0.39, 0.29) is 29.6 Å². The Morgan fingerprint density at radius 1 is 1.27 bits per heavy atom. The number of benzene rings is 2.